The van der Waals surface area contributed by atoms with E-state index in [2.05, 4.69) is 51.8 Å². The molecule has 1 heterocycles. The van der Waals surface area contributed by atoms with Crippen molar-refractivity contribution in [1.29, 1.82) is 0 Å². The van der Waals surface area contributed by atoms with Crippen molar-refractivity contribution in [2.45, 2.75) is 78.8 Å². The summed E-state index contributed by atoms with van der Waals surface area (Å²) in [6, 6.07) is 0.716. The van der Waals surface area contributed by atoms with Gasteiger partial charge in [-0.2, -0.15) is 0 Å². The summed E-state index contributed by atoms with van der Waals surface area (Å²) in [5, 5.41) is 3.69. The highest BCUT2D eigenvalue weighted by molar-refractivity contribution is 4.86. The second-order valence-corrected chi connectivity index (χ2v) is 7.81. The van der Waals surface area contributed by atoms with Crippen LogP contribution in [0.15, 0.2) is 0 Å². The Kier molecular flexibility index (Phi) is 5.67. The molecular weight excluding hydrogens is 220 g/mol. The maximum Gasteiger partial charge on any atom is 0.0220 e. The van der Waals surface area contributed by atoms with E-state index in [4.69, 9.17) is 0 Å². The van der Waals surface area contributed by atoms with Crippen LogP contribution in [0.3, 0.4) is 0 Å². The van der Waals surface area contributed by atoms with E-state index in [1.165, 1.54) is 38.8 Å². The van der Waals surface area contributed by atoms with E-state index in [9.17, 15) is 0 Å². The predicted octanol–water partition coefficient (Wildman–Crippen LogP) is 3.67. The maximum atomic E-state index is 3.69. The lowest BCUT2D eigenvalue weighted by Gasteiger charge is -2.43. The van der Waals surface area contributed by atoms with Crippen LogP contribution in [0.2, 0.25) is 0 Å². The van der Waals surface area contributed by atoms with Gasteiger partial charge in [-0.05, 0) is 52.0 Å². The van der Waals surface area contributed by atoms with E-state index >= 15 is 0 Å². The summed E-state index contributed by atoms with van der Waals surface area (Å²) < 4.78 is 0. The van der Waals surface area contributed by atoms with Crippen LogP contribution in [0.4, 0.5) is 0 Å². The molecule has 2 heteroatoms. The fraction of sp³-hybridized carbons (Fsp3) is 1.00. The van der Waals surface area contributed by atoms with Crippen molar-refractivity contribution < 1.29 is 0 Å². The van der Waals surface area contributed by atoms with Gasteiger partial charge in [-0.1, -0.05) is 27.2 Å². The molecule has 2 nitrogen and oxygen atoms in total. The summed E-state index contributed by atoms with van der Waals surface area (Å²) in [6.45, 7) is 17.6. The van der Waals surface area contributed by atoms with E-state index in [1.807, 2.05) is 0 Å². The Morgan fingerprint density at radius 3 is 2.44 bits per heavy atom. The van der Waals surface area contributed by atoms with Gasteiger partial charge >= 0.3 is 0 Å². The molecule has 0 aromatic heterocycles. The average Bonchev–Trinajstić information content (AvgIpc) is 2.21. The first-order valence-corrected chi connectivity index (χ1v) is 7.72. The van der Waals surface area contributed by atoms with Crippen LogP contribution in [-0.4, -0.2) is 36.1 Å². The summed E-state index contributed by atoms with van der Waals surface area (Å²) in [5.41, 5.74) is 0.739. The third-order valence-electron chi connectivity index (χ3n) is 3.94. The van der Waals surface area contributed by atoms with Gasteiger partial charge in [0.15, 0.2) is 0 Å². The van der Waals surface area contributed by atoms with Crippen LogP contribution >= 0.6 is 0 Å². The fourth-order valence-corrected chi connectivity index (χ4v) is 2.95. The lowest BCUT2D eigenvalue weighted by Crippen LogP contribution is -2.52. The highest BCUT2D eigenvalue weighted by atomic mass is 15.2. The summed E-state index contributed by atoms with van der Waals surface area (Å²) in [7, 11) is 0. The Bertz CT molecular complexity index is 240. The maximum absolute atomic E-state index is 3.69. The van der Waals surface area contributed by atoms with Gasteiger partial charge < -0.3 is 5.32 Å². The van der Waals surface area contributed by atoms with E-state index in [-0.39, 0.29) is 5.54 Å². The molecule has 0 aliphatic carbocycles. The highest BCUT2D eigenvalue weighted by Crippen LogP contribution is 2.30. The van der Waals surface area contributed by atoms with Crippen molar-refractivity contribution in [3.63, 3.8) is 0 Å². The first-order chi connectivity index (χ1) is 8.23. The van der Waals surface area contributed by atoms with Gasteiger partial charge in [0.25, 0.3) is 0 Å². The monoisotopic (exact) mass is 254 g/mol. The minimum Gasteiger partial charge on any atom is -0.311 e. The molecule has 1 aliphatic heterocycles. The van der Waals surface area contributed by atoms with E-state index in [0.29, 0.717) is 11.5 Å². The normalized spacial score (nSPS) is 23.0. The van der Waals surface area contributed by atoms with E-state index in [0.717, 1.165) is 6.54 Å². The van der Waals surface area contributed by atoms with Crippen molar-refractivity contribution in [2.24, 2.45) is 5.41 Å². The smallest absolute Gasteiger partial charge is 0.0220 e. The molecular formula is C16H34N2. The minimum atomic E-state index is 0.233. The zero-order valence-corrected chi connectivity index (χ0v) is 13.5. The molecule has 0 saturated carbocycles. The first-order valence-electron chi connectivity index (χ1n) is 7.72. The van der Waals surface area contributed by atoms with Crippen LogP contribution in [0, 0.1) is 5.41 Å². The summed E-state index contributed by atoms with van der Waals surface area (Å²) in [4.78, 5) is 2.73. The molecule has 0 aromatic carbocycles. The lowest BCUT2D eigenvalue weighted by atomic mass is 9.83. The summed E-state index contributed by atoms with van der Waals surface area (Å²) in [5.74, 6) is 0. The molecule has 1 fully saturated rings. The summed E-state index contributed by atoms with van der Waals surface area (Å²) in [6.07, 6.45) is 5.35. The third kappa shape index (κ3) is 5.71. The van der Waals surface area contributed by atoms with Crippen LogP contribution < -0.4 is 5.32 Å². The quantitative estimate of drug-likeness (QED) is 0.805. The molecule has 1 atom stereocenters. The second-order valence-electron chi connectivity index (χ2n) is 7.81. The molecule has 108 valence electrons. The Morgan fingerprint density at radius 1 is 1.28 bits per heavy atom. The zero-order valence-electron chi connectivity index (χ0n) is 13.5. The fourth-order valence-electron chi connectivity index (χ4n) is 2.95. The van der Waals surface area contributed by atoms with Gasteiger partial charge in [-0.25, -0.2) is 0 Å². The van der Waals surface area contributed by atoms with Crippen molar-refractivity contribution in [2.75, 3.05) is 19.6 Å². The number of hydrogen-bond acceptors (Lipinski definition) is 2. The second kappa shape index (κ2) is 6.38. The van der Waals surface area contributed by atoms with Crippen molar-refractivity contribution in [1.82, 2.24) is 10.2 Å². The van der Waals surface area contributed by atoms with Gasteiger partial charge in [-0.3, -0.25) is 4.90 Å². The van der Waals surface area contributed by atoms with Crippen LogP contribution in [0.25, 0.3) is 0 Å². The average molecular weight is 254 g/mol. The number of nitrogens with one attached hydrogen (secondary N) is 1. The molecule has 0 spiro atoms. The molecule has 1 unspecified atom stereocenters. The van der Waals surface area contributed by atoms with Crippen molar-refractivity contribution in [3.8, 4) is 0 Å². The predicted molar refractivity (Wildman–Crippen MR) is 81.0 cm³/mol. The Balaban J connectivity index is 2.55. The Hall–Kier alpha value is -0.0800. The number of nitrogens with zero attached hydrogens (tertiary/aromatic N) is 1. The number of hydrogen-bond donors (Lipinski definition) is 1. The van der Waals surface area contributed by atoms with E-state index in [1.54, 1.807) is 0 Å². The standard InChI is InChI=1S/C16H34N2/c1-7-9-14(12-17-15(2,3)4)18-11-8-10-16(5,6)13-18/h14,17H,7-13H2,1-6H3. The number of likely N-dealkylation sites (tertiary alicyclic amines) is 1. The summed E-state index contributed by atoms with van der Waals surface area (Å²) >= 11 is 0. The lowest BCUT2D eigenvalue weighted by molar-refractivity contribution is 0.0707. The molecule has 1 aliphatic rings. The highest BCUT2D eigenvalue weighted by Gasteiger charge is 2.30. The molecule has 0 amide bonds. The zero-order chi connectivity index (χ0) is 13.8. The molecule has 0 radical (unpaired) electrons. The van der Waals surface area contributed by atoms with Gasteiger partial charge in [0.1, 0.15) is 0 Å². The van der Waals surface area contributed by atoms with Gasteiger partial charge in [0, 0.05) is 24.7 Å². The molecule has 18 heavy (non-hydrogen) atoms. The molecule has 0 bridgehead atoms. The van der Waals surface area contributed by atoms with Crippen LogP contribution in [-0.2, 0) is 0 Å². The van der Waals surface area contributed by atoms with Gasteiger partial charge in [0.2, 0.25) is 0 Å². The number of rotatable bonds is 5. The Labute approximate surface area is 115 Å². The SMILES string of the molecule is CCCC(CNC(C)(C)C)N1CCCC(C)(C)C1. The molecule has 1 rings (SSSR count). The van der Waals surface area contributed by atoms with Crippen LogP contribution in [0.5, 0.6) is 0 Å². The topological polar surface area (TPSA) is 15.3 Å². The molecule has 1 saturated heterocycles. The Morgan fingerprint density at radius 2 is 1.94 bits per heavy atom. The van der Waals surface area contributed by atoms with Gasteiger partial charge in [-0.15, -0.1) is 0 Å². The van der Waals surface area contributed by atoms with E-state index < -0.39 is 0 Å². The van der Waals surface area contributed by atoms with Gasteiger partial charge in [0.05, 0.1) is 0 Å². The third-order valence-corrected chi connectivity index (χ3v) is 3.94. The first kappa shape index (κ1) is 16.0. The van der Waals surface area contributed by atoms with Crippen LogP contribution in [0.1, 0.15) is 67.2 Å². The number of piperidine rings is 1. The largest absolute Gasteiger partial charge is 0.311 e. The molecule has 0 aromatic rings. The molecule has 1 N–H and O–H groups in total. The minimum absolute atomic E-state index is 0.233. The van der Waals surface area contributed by atoms with Crippen molar-refractivity contribution in [3.05, 3.63) is 0 Å². The van der Waals surface area contributed by atoms with Crippen molar-refractivity contribution >= 4 is 0 Å².